The summed E-state index contributed by atoms with van der Waals surface area (Å²) in [6.45, 7) is 5.13. The number of rotatable bonds is 4. The van der Waals surface area contributed by atoms with Gasteiger partial charge >= 0.3 is 0 Å². The zero-order valence-corrected chi connectivity index (χ0v) is 12.5. The maximum Gasteiger partial charge on any atom is 0.0839 e. The smallest absolute Gasteiger partial charge is 0.0839 e. The van der Waals surface area contributed by atoms with Crippen LogP contribution in [0.1, 0.15) is 29.8 Å². The predicted molar refractivity (Wildman–Crippen MR) is 77.6 cm³/mol. The van der Waals surface area contributed by atoms with Gasteiger partial charge in [-0.25, -0.2) is 0 Å². The lowest BCUT2D eigenvalue weighted by molar-refractivity contribution is 0.599. The summed E-state index contributed by atoms with van der Waals surface area (Å²) in [5.74, 6) is 0. The van der Waals surface area contributed by atoms with E-state index in [1.165, 1.54) is 11.1 Å². The molecular weight excluding hydrogens is 290 g/mol. The van der Waals surface area contributed by atoms with Gasteiger partial charge in [-0.1, -0.05) is 28.9 Å². The van der Waals surface area contributed by atoms with Crippen molar-refractivity contribution in [3.63, 3.8) is 0 Å². The third-order valence-electron chi connectivity index (χ3n) is 2.84. The lowest BCUT2D eigenvalue weighted by atomic mass is 10.0. The predicted octanol–water partition coefficient (Wildman–Crippen LogP) is 3.19. The van der Waals surface area contributed by atoms with Crippen LogP contribution in [-0.2, 0) is 7.05 Å². The summed E-state index contributed by atoms with van der Waals surface area (Å²) in [6, 6.07) is 8.67. The van der Waals surface area contributed by atoms with E-state index in [4.69, 9.17) is 0 Å². The van der Waals surface area contributed by atoms with Crippen LogP contribution in [0.3, 0.4) is 0 Å². The van der Waals surface area contributed by atoms with Crippen LogP contribution in [0.2, 0.25) is 0 Å². The highest BCUT2D eigenvalue weighted by molar-refractivity contribution is 9.10. The number of aryl methyl sites for hydroxylation is 2. The molecule has 1 aromatic carbocycles. The van der Waals surface area contributed by atoms with Gasteiger partial charge < -0.3 is 5.32 Å². The summed E-state index contributed by atoms with van der Waals surface area (Å²) in [5, 5.41) is 7.99. The van der Waals surface area contributed by atoms with Gasteiger partial charge in [0.15, 0.2) is 0 Å². The van der Waals surface area contributed by atoms with Crippen molar-refractivity contribution in [1.82, 2.24) is 15.1 Å². The number of nitrogens with one attached hydrogen (secondary N) is 1. The Morgan fingerprint density at radius 2 is 2.17 bits per heavy atom. The van der Waals surface area contributed by atoms with Gasteiger partial charge in [0.25, 0.3) is 0 Å². The summed E-state index contributed by atoms with van der Waals surface area (Å²) in [7, 11) is 1.94. The van der Waals surface area contributed by atoms with Gasteiger partial charge in [-0.05, 0) is 42.8 Å². The van der Waals surface area contributed by atoms with E-state index in [1.807, 2.05) is 17.9 Å². The van der Waals surface area contributed by atoms with Gasteiger partial charge in [0.2, 0.25) is 0 Å². The van der Waals surface area contributed by atoms with E-state index >= 15 is 0 Å². The van der Waals surface area contributed by atoms with E-state index in [9.17, 15) is 0 Å². The molecule has 96 valence electrons. The Morgan fingerprint density at radius 1 is 1.39 bits per heavy atom. The van der Waals surface area contributed by atoms with Crippen LogP contribution < -0.4 is 5.32 Å². The molecule has 0 bridgehead atoms. The van der Waals surface area contributed by atoms with Crippen LogP contribution in [-0.4, -0.2) is 16.3 Å². The zero-order chi connectivity index (χ0) is 13.1. The highest BCUT2D eigenvalue weighted by Crippen LogP contribution is 2.25. The van der Waals surface area contributed by atoms with Crippen molar-refractivity contribution < 1.29 is 0 Å². The van der Waals surface area contributed by atoms with E-state index in [1.54, 1.807) is 0 Å². The molecule has 1 unspecified atom stereocenters. The van der Waals surface area contributed by atoms with E-state index in [2.05, 4.69) is 64.5 Å². The molecule has 0 aliphatic rings. The fourth-order valence-corrected chi connectivity index (χ4v) is 2.74. The maximum atomic E-state index is 4.50. The standard InChI is InChI=1S/C14H18BrN3/c1-4-16-14(13-5-6-18(3)17-13)11-7-10(2)8-12(15)9-11/h5-9,14,16H,4H2,1-3H3. The largest absolute Gasteiger partial charge is 0.305 e. The second-order valence-corrected chi connectivity index (χ2v) is 5.38. The Kier molecular flexibility index (Phi) is 4.19. The fraction of sp³-hybridized carbons (Fsp3) is 0.357. The van der Waals surface area contributed by atoms with Crippen LogP contribution >= 0.6 is 15.9 Å². The minimum Gasteiger partial charge on any atom is -0.305 e. The first-order valence-corrected chi connectivity index (χ1v) is 6.89. The molecule has 2 rings (SSSR count). The van der Waals surface area contributed by atoms with E-state index in [0.717, 1.165) is 16.7 Å². The first-order chi connectivity index (χ1) is 8.60. The molecule has 18 heavy (non-hydrogen) atoms. The number of nitrogens with zero attached hydrogens (tertiary/aromatic N) is 2. The first kappa shape index (κ1) is 13.3. The van der Waals surface area contributed by atoms with Crippen molar-refractivity contribution in [2.45, 2.75) is 19.9 Å². The second-order valence-electron chi connectivity index (χ2n) is 4.47. The molecule has 0 fully saturated rings. The molecule has 0 saturated heterocycles. The van der Waals surface area contributed by atoms with Gasteiger partial charge in [-0.15, -0.1) is 0 Å². The average molecular weight is 308 g/mol. The maximum absolute atomic E-state index is 4.50. The summed E-state index contributed by atoms with van der Waals surface area (Å²) in [4.78, 5) is 0. The highest BCUT2D eigenvalue weighted by Gasteiger charge is 2.16. The average Bonchev–Trinajstić information content (AvgIpc) is 2.71. The molecule has 0 aliphatic carbocycles. The van der Waals surface area contributed by atoms with Crippen LogP contribution in [0.15, 0.2) is 34.9 Å². The SMILES string of the molecule is CCNC(c1cc(C)cc(Br)c1)c1ccn(C)n1. The Bertz CT molecular complexity index is 513. The molecule has 4 heteroatoms. The molecule has 1 N–H and O–H groups in total. The molecule has 0 radical (unpaired) electrons. The molecule has 1 aromatic heterocycles. The molecule has 1 heterocycles. The Morgan fingerprint density at radius 3 is 2.72 bits per heavy atom. The third kappa shape index (κ3) is 3.00. The normalized spacial score (nSPS) is 12.7. The van der Waals surface area contributed by atoms with Crippen LogP contribution in [0.5, 0.6) is 0 Å². The topological polar surface area (TPSA) is 29.9 Å². The molecule has 2 aromatic rings. The highest BCUT2D eigenvalue weighted by atomic mass is 79.9. The van der Waals surface area contributed by atoms with Gasteiger partial charge in [0.1, 0.15) is 0 Å². The minimum absolute atomic E-state index is 0.146. The van der Waals surface area contributed by atoms with Crippen LogP contribution in [0, 0.1) is 6.92 Å². The Balaban J connectivity index is 2.40. The van der Waals surface area contributed by atoms with Crippen molar-refractivity contribution in [3.05, 3.63) is 51.8 Å². The number of halogens is 1. The van der Waals surface area contributed by atoms with Gasteiger partial charge in [-0.2, -0.15) is 5.10 Å². The lowest BCUT2D eigenvalue weighted by Crippen LogP contribution is -2.22. The van der Waals surface area contributed by atoms with Gasteiger partial charge in [-0.3, -0.25) is 4.68 Å². The van der Waals surface area contributed by atoms with Crippen molar-refractivity contribution in [2.75, 3.05) is 6.54 Å². The van der Waals surface area contributed by atoms with E-state index < -0.39 is 0 Å². The lowest BCUT2D eigenvalue weighted by Gasteiger charge is -2.17. The molecule has 0 spiro atoms. The van der Waals surface area contributed by atoms with Crippen molar-refractivity contribution >= 4 is 15.9 Å². The van der Waals surface area contributed by atoms with Crippen molar-refractivity contribution in [3.8, 4) is 0 Å². The van der Waals surface area contributed by atoms with Crippen LogP contribution in [0.25, 0.3) is 0 Å². The number of aromatic nitrogens is 2. The minimum atomic E-state index is 0.146. The number of hydrogen-bond donors (Lipinski definition) is 1. The molecule has 3 nitrogen and oxygen atoms in total. The van der Waals surface area contributed by atoms with Gasteiger partial charge in [0.05, 0.1) is 11.7 Å². The zero-order valence-electron chi connectivity index (χ0n) is 10.9. The first-order valence-electron chi connectivity index (χ1n) is 6.10. The number of benzene rings is 1. The summed E-state index contributed by atoms with van der Waals surface area (Å²) in [5.41, 5.74) is 3.54. The molecular formula is C14H18BrN3. The van der Waals surface area contributed by atoms with Crippen molar-refractivity contribution in [2.24, 2.45) is 7.05 Å². The molecule has 0 aliphatic heterocycles. The third-order valence-corrected chi connectivity index (χ3v) is 3.29. The van der Waals surface area contributed by atoms with E-state index in [0.29, 0.717) is 0 Å². The summed E-state index contributed by atoms with van der Waals surface area (Å²) in [6.07, 6.45) is 1.98. The summed E-state index contributed by atoms with van der Waals surface area (Å²) >= 11 is 3.56. The van der Waals surface area contributed by atoms with E-state index in [-0.39, 0.29) is 6.04 Å². The number of hydrogen-bond acceptors (Lipinski definition) is 2. The quantitative estimate of drug-likeness (QED) is 0.940. The van der Waals surface area contributed by atoms with Crippen LogP contribution in [0.4, 0.5) is 0 Å². The molecule has 0 saturated carbocycles. The monoisotopic (exact) mass is 307 g/mol. The van der Waals surface area contributed by atoms with Crippen molar-refractivity contribution in [1.29, 1.82) is 0 Å². The van der Waals surface area contributed by atoms with Gasteiger partial charge in [0, 0.05) is 17.7 Å². The second kappa shape index (κ2) is 5.67. The Labute approximate surface area is 116 Å². The summed E-state index contributed by atoms with van der Waals surface area (Å²) < 4.78 is 2.95. The molecule has 0 amide bonds. The Hall–Kier alpha value is -1.13. The fourth-order valence-electron chi connectivity index (χ4n) is 2.12. The molecule has 1 atom stereocenters.